The normalized spacial score (nSPS) is 22.5. The van der Waals surface area contributed by atoms with Crippen LogP contribution in [0.2, 0.25) is 0 Å². The molecule has 0 aromatic carbocycles. The van der Waals surface area contributed by atoms with Crippen LogP contribution in [0.4, 0.5) is 5.69 Å². The Kier molecular flexibility index (Phi) is 3.97. The first kappa shape index (κ1) is 12.3. The first-order valence-corrected chi connectivity index (χ1v) is 6.20. The summed E-state index contributed by atoms with van der Waals surface area (Å²) in [4.78, 5) is 6.83. The van der Waals surface area contributed by atoms with Gasteiger partial charge in [0.05, 0.1) is 30.3 Å². The molecular weight excluding hydrogens is 214 g/mol. The second kappa shape index (κ2) is 5.47. The van der Waals surface area contributed by atoms with Crippen molar-refractivity contribution in [1.29, 1.82) is 0 Å². The van der Waals surface area contributed by atoms with Crippen LogP contribution in [0.25, 0.3) is 0 Å². The lowest BCUT2D eigenvalue weighted by Crippen LogP contribution is -2.41. The number of rotatable bonds is 3. The van der Waals surface area contributed by atoms with E-state index in [1.54, 1.807) is 0 Å². The molecular formula is C13H21N3O. The van der Waals surface area contributed by atoms with Crippen molar-refractivity contribution < 1.29 is 4.74 Å². The number of nitrogens with one attached hydrogen (secondary N) is 1. The van der Waals surface area contributed by atoms with Crippen LogP contribution in [0.3, 0.4) is 0 Å². The van der Waals surface area contributed by atoms with Gasteiger partial charge in [-0.1, -0.05) is 0 Å². The summed E-state index contributed by atoms with van der Waals surface area (Å²) in [5, 5.41) is 3.19. The predicted octanol–water partition coefficient (Wildman–Crippen LogP) is 1.59. The van der Waals surface area contributed by atoms with E-state index in [-0.39, 0.29) is 0 Å². The van der Waals surface area contributed by atoms with Gasteiger partial charge in [0.25, 0.3) is 0 Å². The monoisotopic (exact) mass is 235 g/mol. The maximum atomic E-state index is 5.54. The minimum atomic E-state index is 0.299. The van der Waals surface area contributed by atoms with Crippen LogP contribution in [0.1, 0.15) is 25.6 Å². The highest BCUT2D eigenvalue weighted by atomic mass is 16.5. The molecule has 0 radical (unpaired) electrons. The van der Waals surface area contributed by atoms with Crippen LogP contribution < -0.4 is 10.2 Å². The van der Waals surface area contributed by atoms with Crippen LogP contribution in [0, 0.1) is 0 Å². The zero-order valence-corrected chi connectivity index (χ0v) is 10.8. The maximum absolute atomic E-state index is 5.54. The van der Waals surface area contributed by atoms with E-state index in [1.165, 1.54) is 5.69 Å². The van der Waals surface area contributed by atoms with Crippen LogP contribution >= 0.6 is 0 Å². The van der Waals surface area contributed by atoms with Crippen molar-refractivity contribution in [1.82, 2.24) is 10.3 Å². The van der Waals surface area contributed by atoms with Gasteiger partial charge < -0.3 is 15.0 Å². The van der Waals surface area contributed by atoms with Crippen molar-refractivity contribution in [3.05, 3.63) is 24.0 Å². The van der Waals surface area contributed by atoms with E-state index in [9.17, 15) is 0 Å². The number of hydrogen-bond donors (Lipinski definition) is 1. The number of aromatic nitrogens is 1. The third-order valence-electron chi connectivity index (χ3n) is 3.25. The Balaban J connectivity index is 2.06. The molecule has 1 aromatic heterocycles. The maximum Gasteiger partial charge on any atom is 0.0722 e. The molecule has 0 saturated carbocycles. The molecule has 4 heteroatoms. The van der Waals surface area contributed by atoms with Gasteiger partial charge in [-0.05, 0) is 33.0 Å². The zero-order chi connectivity index (χ0) is 12.3. The summed E-state index contributed by atoms with van der Waals surface area (Å²) in [5.41, 5.74) is 2.27. The third kappa shape index (κ3) is 2.96. The van der Waals surface area contributed by atoms with Gasteiger partial charge >= 0.3 is 0 Å². The Morgan fingerprint density at radius 1 is 1.53 bits per heavy atom. The van der Waals surface area contributed by atoms with E-state index in [0.29, 0.717) is 12.1 Å². The summed E-state index contributed by atoms with van der Waals surface area (Å²) in [6.45, 7) is 6.92. The average molecular weight is 235 g/mol. The molecule has 2 heterocycles. The number of anilines is 1. The number of morpholine rings is 1. The lowest BCUT2D eigenvalue weighted by Gasteiger charge is -2.32. The van der Waals surface area contributed by atoms with Gasteiger partial charge in [-0.15, -0.1) is 0 Å². The van der Waals surface area contributed by atoms with E-state index in [0.717, 1.165) is 25.4 Å². The standard InChI is InChI=1S/C13H21N3O/c1-10-9-16(6-7-17-10)12-4-5-13(15-8-12)11(2)14-3/h4-5,8,10-11,14H,6-7,9H2,1-3H3. The summed E-state index contributed by atoms with van der Waals surface area (Å²) in [7, 11) is 1.95. The molecule has 1 aliphatic rings. The molecule has 1 N–H and O–H groups in total. The molecule has 0 amide bonds. The molecule has 1 aromatic rings. The Bertz CT molecular complexity index is 352. The SMILES string of the molecule is CNC(C)c1ccc(N2CCOC(C)C2)cn1. The Hall–Kier alpha value is -1.13. The van der Waals surface area contributed by atoms with E-state index in [1.807, 2.05) is 13.2 Å². The Morgan fingerprint density at radius 2 is 2.35 bits per heavy atom. The van der Waals surface area contributed by atoms with E-state index in [2.05, 4.69) is 41.2 Å². The highest BCUT2D eigenvalue weighted by Crippen LogP contribution is 2.18. The number of nitrogens with zero attached hydrogens (tertiary/aromatic N) is 2. The van der Waals surface area contributed by atoms with E-state index >= 15 is 0 Å². The fourth-order valence-corrected chi connectivity index (χ4v) is 2.04. The van der Waals surface area contributed by atoms with Crippen molar-refractivity contribution in [3.8, 4) is 0 Å². The highest BCUT2D eigenvalue weighted by Gasteiger charge is 2.17. The molecule has 2 atom stereocenters. The highest BCUT2D eigenvalue weighted by molar-refractivity contribution is 5.45. The Morgan fingerprint density at radius 3 is 2.94 bits per heavy atom. The van der Waals surface area contributed by atoms with Crippen molar-refractivity contribution in [2.45, 2.75) is 26.0 Å². The molecule has 1 aliphatic heterocycles. The van der Waals surface area contributed by atoms with Crippen LogP contribution in [0.15, 0.2) is 18.3 Å². The van der Waals surface area contributed by atoms with Gasteiger partial charge in [-0.2, -0.15) is 0 Å². The molecule has 0 spiro atoms. The molecule has 17 heavy (non-hydrogen) atoms. The molecule has 2 rings (SSSR count). The molecule has 2 unspecified atom stereocenters. The van der Waals surface area contributed by atoms with Crippen molar-refractivity contribution in [3.63, 3.8) is 0 Å². The van der Waals surface area contributed by atoms with Gasteiger partial charge in [0, 0.05) is 19.1 Å². The smallest absolute Gasteiger partial charge is 0.0722 e. The van der Waals surface area contributed by atoms with Crippen LogP contribution in [-0.2, 0) is 4.74 Å². The molecule has 94 valence electrons. The minimum absolute atomic E-state index is 0.299. The average Bonchev–Trinajstić information content (AvgIpc) is 2.38. The first-order chi connectivity index (χ1) is 8.20. The second-order valence-electron chi connectivity index (χ2n) is 4.58. The van der Waals surface area contributed by atoms with Crippen LogP contribution in [-0.4, -0.2) is 37.8 Å². The van der Waals surface area contributed by atoms with Gasteiger partial charge in [0.2, 0.25) is 0 Å². The molecule has 0 bridgehead atoms. The molecule has 0 aliphatic carbocycles. The van der Waals surface area contributed by atoms with Crippen LogP contribution in [0.5, 0.6) is 0 Å². The molecule has 4 nitrogen and oxygen atoms in total. The lowest BCUT2D eigenvalue weighted by molar-refractivity contribution is 0.0532. The lowest BCUT2D eigenvalue weighted by atomic mass is 10.2. The summed E-state index contributed by atoms with van der Waals surface area (Å²) in [5.74, 6) is 0. The van der Waals surface area contributed by atoms with E-state index < -0.39 is 0 Å². The second-order valence-corrected chi connectivity index (χ2v) is 4.58. The fourth-order valence-electron chi connectivity index (χ4n) is 2.04. The summed E-state index contributed by atoms with van der Waals surface area (Å²) < 4.78 is 5.54. The third-order valence-corrected chi connectivity index (χ3v) is 3.25. The zero-order valence-electron chi connectivity index (χ0n) is 10.8. The topological polar surface area (TPSA) is 37.4 Å². The van der Waals surface area contributed by atoms with Gasteiger partial charge in [0.15, 0.2) is 0 Å². The first-order valence-electron chi connectivity index (χ1n) is 6.20. The fraction of sp³-hybridized carbons (Fsp3) is 0.615. The van der Waals surface area contributed by atoms with E-state index in [4.69, 9.17) is 4.74 Å². The summed E-state index contributed by atoms with van der Waals surface area (Å²) >= 11 is 0. The van der Waals surface area contributed by atoms with Crippen molar-refractivity contribution in [2.75, 3.05) is 31.6 Å². The summed E-state index contributed by atoms with van der Waals surface area (Å²) in [6, 6.07) is 4.54. The van der Waals surface area contributed by atoms with Crippen molar-refractivity contribution in [2.24, 2.45) is 0 Å². The molecule has 1 fully saturated rings. The quantitative estimate of drug-likeness (QED) is 0.863. The molecule has 1 saturated heterocycles. The Labute approximate surface area is 103 Å². The number of hydrogen-bond acceptors (Lipinski definition) is 4. The predicted molar refractivity (Wildman–Crippen MR) is 69.3 cm³/mol. The minimum Gasteiger partial charge on any atom is -0.375 e. The largest absolute Gasteiger partial charge is 0.375 e. The number of ether oxygens (including phenoxy) is 1. The number of pyridine rings is 1. The van der Waals surface area contributed by atoms with Gasteiger partial charge in [-0.3, -0.25) is 4.98 Å². The summed E-state index contributed by atoms with van der Waals surface area (Å²) in [6.07, 6.45) is 2.26. The van der Waals surface area contributed by atoms with Gasteiger partial charge in [0.1, 0.15) is 0 Å². The van der Waals surface area contributed by atoms with Gasteiger partial charge in [-0.25, -0.2) is 0 Å². The van der Waals surface area contributed by atoms with Crippen molar-refractivity contribution >= 4 is 5.69 Å².